The summed E-state index contributed by atoms with van der Waals surface area (Å²) in [4.78, 5) is 0.0464. The molecule has 1 fully saturated rings. The normalized spacial score (nSPS) is 18.0. The number of fused-ring (bicyclic) bond motifs is 1. The second-order valence-corrected chi connectivity index (χ2v) is 7.06. The van der Waals surface area contributed by atoms with Crippen LogP contribution < -0.4 is 10.5 Å². The first kappa shape index (κ1) is 14.2. The molecule has 1 aliphatic rings. The molecule has 1 aromatic heterocycles. The number of oxime groups is 1. The molecule has 0 amide bonds. The molecule has 21 heavy (non-hydrogen) atoms. The smallest absolute Gasteiger partial charge is 0.243 e. The van der Waals surface area contributed by atoms with Crippen molar-refractivity contribution in [2.45, 2.75) is 23.8 Å². The highest BCUT2D eigenvalue weighted by molar-refractivity contribution is 7.89. The first-order valence-electron chi connectivity index (χ1n) is 6.24. The number of hydrogen-bond donors (Lipinski definition) is 3. The molecule has 1 aromatic carbocycles. The first-order chi connectivity index (χ1) is 10.0. The van der Waals surface area contributed by atoms with Crippen molar-refractivity contribution in [2.24, 2.45) is 16.8 Å². The molecule has 0 saturated heterocycles. The molecule has 4 N–H and O–H groups in total. The van der Waals surface area contributed by atoms with Crippen LogP contribution in [0.1, 0.15) is 12.8 Å². The molecule has 1 atom stereocenters. The van der Waals surface area contributed by atoms with Crippen LogP contribution in [-0.2, 0) is 10.0 Å². The van der Waals surface area contributed by atoms with Crippen molar-refractivity contribution < 1.29 is 13.6 Å². The van der Waals surface area contributed by atoms with E-state index in [9.17, 15) is 8.42 Å². The first-order valence-corrected chi connectivity index (χ1v) is 8.45. The summed E-state index contributed by atoms with van der Waals surface area (Å²) in [7, 11) is -3.83. The molecule has 0 bridgehead atoms. The van der Waals surface area contributed by atoms with Gasteiger partial charge in [-0.2, -0.15) is 8.75 Å². The van der Waals surface area contributed by atoms with Crippen LogP contribution in [-0.4, -0.2) is 34.2 Å². The predicted octanol–water partition coefficient (Wildman–Crippen LogP) is 0.495. The quantitative estimate of drug-likeness (QED) is 0.317. The van der Waals surface area contributed by atoms with E-state index in [1.165, 1.54) is 6.07 Å². The van der Waals surface area contributed by atoms with Crippen molar-refractivity contribution in [1.82, 2.24) is 13.5 Å². The van der Waals surface area contributed by atoms with Crippen LogP contribution in [0.3, 0.4) is 0 Å². The zero-order valence-electron chi connectivity index (χ0n) is 10.8. The fourth-order valence-electron chi connectivity index (χ4n) is 2.12. The Hall–Kier alpha value is -1.78. The van der Waals surface area contributed by atoms with Gasteiger partial charge >= 0.3 is 0 Å². The Morgan fingerprint density at radius 2 is 2.24 bits per heavy atom. The standard InChI is InChI=1S/C11H13N5O3S2/c12-11(13-17)9(6-4-5-6)16-21(18,19)8-3-1-2-7-10(8)15-20-14-7/h1-3,6,9,16-17H,4-5H2,(H2,12,13). The van der Waals surface area contributed by atoms with E-state index >= 15 is 0 Å². The Morgan fingerprint density at radius 1 is 1.48 bits per heavy atom. The third-order valence-electron chi connectivity index (χ3n) is 3.35. The van der Waals surface area contributed by atoms with Crippen LogP contribution in [0.2, 0.25) is 0 Å². The number of aromatic nitrogens is 2. The van der Waals surface area contributed by atoms with Crippen LogP contribution in [0.15, 0.2) is 28.3 Å². The number of nitrogens with zero attached hydrogens (tertiary/aromatic N) is 3. The highest BCUT2D eigenvalue weighted by Gasteiger charge is 2.37. The van der Waals surface area contributed by atoms with E-state index in [2.05, 4.69) is 18.6 Å². The van der Waals surface area contributed by atoms with Crippen LogP contribution in [0.5, 0.6) is 0 Å². The summed E-state index contributed by atoms with van der Waals surface area (Å²) in [6.07, 6.45) is 1.68. The van der Waals surface area contributed by atoms with Crippen molar-refractivity contribution in [3.63, 3.8) is 0 Å². The zero-order chi connectivity index (χ0) is 15.0. The van der Waals surface area contributed by atoms with Gasteiger partial charge < -0.3 is 10.9 Å². The summed E-state index contributed by atoms with van der Waals surface area (Å²) in [5, 5.41) is 11.7. The second-order valence-electron chi connectivity index (χ2n) is 4.85. The Kier molecular flexibility index (Phi) is 3.51. The van der Waals surface area contributed by atoms with E-state index in [1.54, 1.807) is 12.1 Å². The lowest BCUT2D eigenvalue weighted by atomic mass is 10.2. The van der Waals surface area contributed by atoms with Gasteiger partial charge in [-0.3, -0.25) is 0 Å². The van der Waals surface area contributed by atoms with E-state index < -0.39 is 16.1 Å². The fourth-order valence-corrected chi connectivity index (χ4v) is 4.16. The van der Waals surface area contributed by atoms with Gasteiger partial charge in [0, 0.05) is 0 Å². The number of nitrogens with one attached hydrogen (secondary N) is 1. The van der Waals surface area contributed by atoms with Gasteiger partial charge in [-0.15, -0.1) is 0 Å². The predicted molar refractivity (Wildman–Crippen MR) is 77.7 cm³/mol. The second kappa shape index (κ2) is 5.20. The van der Waals surface area contributed by atoms with Gasteiger partial charge in [0.15, 0.2) is 5.84 Å². The molecule has 2 aromatic rings. The summed E-state index contributed by atoms with van der Waals surface area (Å²) < 4.78 is 35.6. The van der Waals surface area contributed by atoms with Gasteiger partial charge in [0.2, 0.25) is 10.0 Å². The molecule has 3 rings (SSSR count). The molecule has 1 saturated carbocycles. The van der Waals surface area contributed by atoms with E-state index in [0.29, 0.717) is 11.0 Å². The molecule has 0 spiro atoms. The van der Waals surface area contributed by atoms with E-state index in [4.69, 9.17) is 10.9 Å². The summed E-state index contributed by atoms with van der Waals surface area (Å²) in [5.41, 5.74) is 6.43. The van der Waals surface area contributed by atoms with Crippen molar-refractivity contribution in [3.05, 3.63) is 18.2 Å². The fraction of sp³-hybridized carbons (Fsp3) is 0.364. The summed E-state index contributed by atoms with van der Waals surface area (Å²) in [6, 6.07) is 4.05. The maximum Gasteiger partial charge on any atom is 0.243 e. The van der Waals surface area contributed by atoms with Gasteiger partial charge in [-0.05, 0) is 30.9 Å². The van der Waals surface area contributed by atoms with E-state index in [-0.39, 0.29) is 16.6 Å². The largest absolute Gasteiger partial charge is 0.409 e. The third kappa shape index (κ3) is 2.69. The van der Waals surface area contributed by atoms with Crippen LogP contribution >= 0.6 is 11.7 Å². The molecule has 1 unspecified atom stereocenters. The lowest BCUT2D eigenvalue weighted by Crippen LogP contribution is -2.46. The molecule has 0 aliphatic heterocycles. The maximum atomic E-state index is 12.5. The van der Waals surface area contributed by atoms with Crippen molar-refractivity contribution in [2.75, 3.05) is 0 Å². The Bertz CT molecular complexity index is 797. The average molecular weight is 327 g/mol. The summed E-state index contributed by atoms with van der Waals surface area (Å²) >= 11 is 0.951. The van der Waals surface area contributed by atoms with E-state index in [0.717, 1.165) is 24.6 Å². The van der Waals surface area contributed by atoms with Crippen molar-refractivity contribution >= 4 is 38.6 Å². The van der Waals surface area contributed by atoms with Crippen molar-refractivity contribution in [3.8, 4) is 0 Å². The minimum atomic E-state index is -3.83. The molecule has 10 heteroatoms. The summed E-state index contributed by atoms with van der Waals surface area (Å²) in [5.74, 6) is -0.0758. The SMILES string of the molecule is NC(=NO)C(NS(=O)(=O)c1cccc2nsnc12)C1CC1. The van der Waals surface area contributed by atoms with Crippen LogP contribution in [0.25, 0.3) is 11.0 Å². The number of sulfonamides is 1. The molecular formula is C11H13N5O3S2. The molecular weight excluding hydrogens is 314 g/mol. The number of benzene rings is 1. The van der Waals surface area contributed by atoms with Gasteiger partial charge in [0.1, 0.15) is 15.9 Å². The monoisotopic (exact) mass is 327 g/mol. The average Bonchev–Trinajstić information content (AvgIpc) is 3.20. The minimum Gasteiger partial charge on any atom is -0.409 e. The van der Waals surface area contributed by atoms with Crippen molar-refractivity contribution in [1.29, 1.82) is 0 Å². The highest BCUT2D eigenvalue weighted by atomic mass is 32.2. The molecule has 1 aliphatic carbocycles. The molecule has 8 nitrogen and oxygen atoms in total. The van der Waals surface area contributed by atoms with Gasteiger partial charge in [-0.25, -0.2) is 13.1 Å². The number of amidine groups is 1. The summed E-state index contributed by atoms with van der Waals surface area (Å²) in [6.45, 7) is 0. The molecule has 0 radical (unpaired) electrons. The number of nitrogens with two attached hydrogens (primary N) is 1. The molecule has 112 valence electrons. The van der Waals surface area contributed by atoms with Crippen LogP contribution in [0.4, 0.5) is 0 Å². The van der Waals surface area contributed by atoms with Gasteiger partial charge in [-0.1, -0.05) is 11.2 Å². The van der Waals surface area contributed by atoms with Crippen LogP contribution in [0, 0.1) is 5.92 Å². The van der Waals surface area contributed by atoms with Gasteiger partial charge in [0.05, 0.1) is 17.8 Å². The maximum absolute atomic E-state index is 12.5. The lowest BCUT2D eigenvalue weighted by Gasteiger charge is -2.16. The molecule has 1 heterocycles. The number of rotatable bonds is 5. The minimum absolute atomic E-state index is 0.0464. The van der Waals surface area contributed by atoms with Gasteiger partial charge in [0.25, 0.3) is 0 Å². The number of hydrogen-bond acceptors (Lipinski definition) is 7. The Morgan fingerprint density at radius 3 is 2.90 bits per heavy atom. The Balaban J connectivity index is 1.98. The topological polar surface area (TPSA) is 131 Å². The lowest BCUT2D eigenvalue weighted by molar-refractivity contribution is 0.314. The Labute approximate surface area is 125 Å². The third-order valence-corrected chi connectivity index (χ3v) is 5.36. The zero-order valence-corrected chi connectivity index (χ0v) is 12.4. The van der Waals surface area contributed by atoms with E-state index in [1.807, 2.05) is 0 Å². The highest BCUT2D eigenvalue weighted by Crippen LogP contribution is 2.33.